The van der Waals surface area contributed by atoms with Crippen molar-refractivity contribution in [2.45, 2.75) is 25.3 Å². The number of carbonyl (C=O) groups is 2. The van der Waals surface area contributed by atoms with E-state index in [9.17, 15) is 14.4 Å². The van der Waals surface area contributed by atoms with E-state index >= 15 is 0 Å². The third-order valence-corrected chi connectivity index (χ3v) is 6.18. The molecule has 1 aliphatic heterocycles. The Balaban J connectivity index is 1.51. The molecule has 1 amide bonds. The molecule has 0 spiro atoms. The summed E-state index contributed by atoms with van der Waals surface area (Å²) in [5, 5.41) is 7.63. The van der Waals surface area contributed by atoms with Crippen molar-refractivity contribution in [1.82, 2.24) is 9.88 Å². The minimum absolute atomic E-state index is 0.0132. The quantitative estimate of drug-likeness (QED) is 0.296. The van der Waals surface area contributed by atoms with E-state index in [2.05, 4.69) is 4.98 Å². The average molecular weight is 443 g/mol. The van der Waals surface area contributed by atoms with E-state index in [1.165, 1.54) is 6.07 Å². The number of carbonyl (C=O) groups excluding carboxylic acids is 2. The molecule has 1 aliphatic rings. The van der Waals surface area contributed by atoms with Crippen LogP contribution in [0, 0.1) is 11.3 Å². The van der Waals surface area contributed by atoms with Gasteiger partial charge in [-0.25, -0.2) is 0 Å². The molecule has 4 N–H and O–H groups in total. The minimum atomic E-state index is -0.339. The summed E-state index contributed by atoms with van der Waals surface area (Å²) in [5.74, 6) is -0.450. The summed E-state index contributed by atoms with van der Waals surface area (Å²) in [6.45, 7) is 0.608. The van der Waals surface area contributed by atoms with Crippen LogP contribution in [0.15, 0.2) is 71.7 Å². The van der Waals surface area contributed by atoms with E-state index in [-0.39, 0.29) is 29.3 Å². The van der Waals surface area contributed by atoms with Crippen LogP contribution in [0.2, 0.25) is 0 Å². The number of likely N-dealkylation sites (tertiary alicyclic amines) is 1. The fourth-order valence-corrected chi connectivity index (χ4v) is 4.50. The second kappa shape index (κ2) is 9.65. The first kappa shape index (κ1) is 22.2. The molecule has 7 nitrogen and oxygen atoms in total. The molecule has 0 aliphatic carbocycles. The van der Waals surface area contributed by atoms with Crippen molar-refractivity contribution >= 4 is 18.0 Å². The van der Waals surface area contributed by atoms with E-state index in [1.54, 1.807) is 29.3 Å². The number of rotatable bonds is 7. The van der Waals surface area contributed by atoms with Gasteiger partial charge in [0.25, 0.3) is 5.91 Å². The summed E-state index contributed by atoms with van der Waals surface area (Å²) in [5.41, 5.74) is 9.14. The first-order chi connectivity index (χ1) is 16.0. The molecule has 2 atom stereocenters. The number of nitrogen functional groups attached to an aromatic ring is 1. The Morgan fingerprint density at radius 3 is 2.61 bits per heavy atom. The molecule has 1 fully saturated rings. The molecule has 0 bridgehead atoms. The van der Waals surface area contributed by atoms with E-state index in [4.69, 9.17) is 11.1 Å². The number of aldehydes is 1. The molecule has 2 unspecified atom stereocenters. The number of aromatic amines is 1. The first-order valence-corrected chi connectivity index (χ1v) is 10.9. The summed E-state index contributed by atoms with van der Waals surface area (Å²) in [6.07, 6.45) is 4.63. The highest BCUT2D eigenvalue weighted by atomic mass is 16.2. The Kier molecular flexibility index (Phi) is 6.49. The second-order valence-electron chi connectivity index (χ2n) is 8.35. The van der Waals surface area contributed by atoms with E-state index in [0.29, 0.717) is 24.1 Å². The van der Waals surface area contributed by atoms with Crippen LogP contribution in [0.5, 0.6) is 0 Å². The molecule has 33 heavy (non-hydrogen) atoms. The van der Waals surface area contributed by atoms with Gasteiger partial charge in [0.15, 0.2) is 0 Å². The third kappa shape index (κ3) is 4.92. The lowest BCUT2D eigenvalue weighted by atomic mass is 9.90. The van der Waals surface area contributed by atoms with Crippen molar-refractivity contribution in [3.05, 3.63) is 93.9 Å². The summed E-state index contributed by atoms with van der Waals surface area (Å²) in [4.78, 5) is 41.3. The number of amidine groups is 1. The maximum atomic E-state index is 13.3. The average Bonchev–Trinajstić information content (AvgIpc) is 3.32. The minimum Gasteiger partial charge on any atom is -0.384 e. The normalized spacial score (nSPS) is 16.4. The topological polar surface area (TPSA) is 120 Å². The van der Waals surface area contributed by atoms with Gasteiger partial charge in [-0.15, -0.1) is 0 Å². The van der Waals surface area contributed by atoms with Crippen molar-refractivity contribution in [3.8, 4) is 11.1 Å². The standard InChI is InChI=1S/C26H26N4O3/c27-25(28)21-4-1-3-17(13-21)14-22(16-31)23-5-2-12-30(23)26(33)19-8-6-18(7-9-19)20-10-11-29-24(32)15-20/h1,3-4,6-11,13,15-16,22-23H,2,5,12,14H2,(H3,27,28)(H,29,32). The molecule has 3 aromatic rings. The SMILES string of the molecule is N=C(N)c1cccc(CC(C=O)C2CCCN2C(=O)c2ccc(-c3cc[nH]c(=O)c3)cc2)c1. The molecular formula is C26H26N4O3. The van der Waals surface area contributed by atoms with E-state index < -0.39 is 0 Å². The lowest BCUT2D eigenvalue weighted by Crippen LogP contribution is -2.41. The number of pyridine rings is 1. The number of nitrogens with one attached hydrogen (secondary N) is 2. The summed E-state index contributed by atoms with van der Waals surface area (Å²) in [6, 6.07) is 17.7. The zero-order valence-electron chi connectivity index (χ0n) is 18.2. The van der Waals surface area contributed by atoms with E-state index in [1.807, 2.05) is 36.4 Å². The van der Waals surface area contributed by atoms with Gasteiger partial charge in [0.1, 0.15) is 12.1 Å². The van der Waals surface area contributed by atoms with Gasteiger partial charge in [-0.1, -0.05) is 30.3 Å². The predicted octanol–water partition coefficient (Wildman–Crippen LogP) is 2.99. The fourth-order valence-electron chi connectivity index (χ4n) is 4.50. The van der Waals surface area contributed by atoms with Crippen LogP contribution in [0.25, 0.3) is 11.1 Å². The van der Waals surface area contributed by atoms with Gasteiger partial charge >= 0.3 is 0 Å². The third-order valence-electron chi connectivity index (χ3n) is 6.18. The van der Waals surface area contributed by atoms with Gasteiger partial charge in [-0.3, -0.25) is 15.0 Å². The van der Waals surface area contributed by atoms with Gasteiger partial charge in [0.05, 0.1) is 0 Å². The number of H-pyrrole nitrogens is 1. The molecule has 4 rings (SSSR count). The maximum absolute atomic E-state index is 13.3. The van der Waals surface area contributed by atoms with Gasteiger partial charge in [-0.05, 0) is 60.2 Å². The largest absolute Gasteiger partial charge is 0.384 e. The molecule has 7 heteroatoms. The van der Waals surface area contributed by atoms with Crippen LogP contribution >= 0.6 is 0 Å². The Labute approximate surface area is 191 Å². The monoisotopic (exact) mass is 442 g/mol. The van der Waals surface area contributed by atoms with Crippen molar-refractivity contribution in [2.75, 3.05) is 6.54 Å². The molecule has 0 radical (unpaired) electrons. The number of hydrogen-bond donors (Lipinski definition) is 3. The number of amides is 1. The molecule has 0 saturated carbocycles. The zero-order chi connectivity index (χ0) is 23.4. The highest BCUT2D eigenvalue weighted by molar-refractivity contribution is 5.96. The van der Waals surface area contributed by atoms with Crippen LogP contribution in [0.4, 0.5) is 0 Å². The highest BCUT2D eigenvalue weighted by Gasteiger charge is 2.35. The van der Waals surface area contributed by atoms with Crippen LogP contribution in [-0.2, 0) is 11.2 Å². The summed E-state index contributed by atoms with van der Waals surface area (Å²) in [7, 11) is 0. The van der Waals surface area contributed by atoms with E-state index in [0.717, 1.165) is 35.8 Å². The van der Waals surface area contributed by atoms with Crippen molar-refractivity contribution in [3.63, 3.8) is 0 Å². The number of nitrogens with zero attached hydrogens (tertiary/aromatic N) is 1. The van der Waals surface area contributed by atoms with Crippen molar-refractivity contribution in [1.29, 1.82) is 5.41 Å². The highest BCUT2D eigenvalue weighted by Crippen LogP contribution is 2.28. The molecule has 1 aromatic heterocycles. The molecule has 1 saturated heterocycles. The zero-order valence-corrected chi connectivity index (χ0v) is 18.2. The van der Waals surface area contributed by atoms with Crippen LogP contribution in [-0.4, -0.2) is 40.5 Å². The Bertz CT molecular complexity index is 1230. The molecular weight excluding hydrogens is 416 g/mol. The number of benzene rings is 2. The number of aromatic nitrogens is 1. The van der Waals surface area contributed by atoms with Gasteiger partial charge in [0.2, 0.25) is 5.56 Å². The Morgan fingerprint density at radius 1 is 1.12 bits per heavy atom. The lowest BCUT2D eigenvalue weighted by molar-refractivity contribution is -0.112. The Hall–Kier alpha value is -4.00. The molecule has 2 heterocycles. The smallest absolute Gasteiger partial charge is 0.254 e. The second-order valence-corrected chi connectivity index (χ2v) is 8.35. The van der Waals surface area contributed by atoms with Gasteiger partial charge < -0.3 is 20.4 Å². The Morgan fingerprint density at radius 2 is 1.91 bits per heavy atom. The fraction of sp³-hybridized carbons (Fsp3) is 0.231. The molecule has 168 valence electrons. The predicted molar refractivity (Wildman–Crippen MR) is 127 cm³/mol. The van der Waals surface area contributed by atoms with Crippen LogP contribution in [0.3, 0.4) is 0 Å². The van der Waals surface area contributed by atoms with Gasteiger partial charge in [-0.2, -0.15) is 0 Å². The summed E-state index contributed by atoms with van der Waals surface area (Å²) < 4.78 is 0. The van der Waals surface area contributed by atoms with Crippen LogP contribution in [0.1, 0.15) is 34.3 Å². The lowest BCUT2D eigenvalue weighted by Gasteiger charge is -2.29. The number of nitrogens with two attached hydrogens (primary N) is 1. The first-order valence-electron chi connectivity index (χ1n) is 10.9. The molecule has 2 aromatic carbocycles. The van der Waals surface area contributed by atoms with Crippen molar-refractivity contribution < 1.29 is 9.59 Å². The van der Waals surface area contributed by atoms with Crippen molar-refractivity contribution in [2.24, 2.45) is 11.7 Å². The van der Waals surface area contributed by atoms with Crippen LogP contribution < -0.4 is 11.3 Å². The summed E-state index contributed by atoms with van der Waals surface area (Å²) >= 11 is 0. The maximum Gasteiger partial charge on any atom is 0.254 e. The van der Waals surface area contributed by atoms with Gasteiger partial charge in [0, 0.05) is 41.9 Å². The number of hydrogen-bond acceptors (Lipinski definition) is 4.